The number of hydrogen-bond donors (Lipinski definition) is 1. The smallest absolute Gasteiger partial charge is 0.748 e. The van der Waals surface area contributed by atoms with Crippen LogP contribution in [0.1, 0.15) is 136 Å². The van der Waals surface area contributed by atoms with E-state index in [1.54, 1.807) is 0 Å². The molecule has 1 N–H and O–H groups in total. The van der Waals surface area contributed by atoms with Crippen molar-refractivity contribution in [2.75, 3.05) is 0 Å². The van der Waals surface area contributed by atoms with Gasteiger partial charge in [-0.05, 0) is 26.2 Å². The number of rotatable bonds is 21. The maximum atomic E-state index is 11.4. The Balaban J connectivity index is 0. The summed E-state index contributed by atoms with van der Waals surface area (Å²) < 4.78 is 34.1. The molecule has 0 amide bonds. The molecule has 0 saturated carbocycles. The van der Waals surface area contributed by atoms with E-state index in [0.29, 0.717) is 12.8 Å². The molecule has 29 heavy (non-hydrogen) atoms. The van der Waals surface area contributed by atoms with Gasteiger partial charge in [0.2, 0.25) is 0 Å². The number of unbranched alkanes of at least 4 members (excludes halogenated alkanes) is 14. The minimum atomic E-state index is -4.13. The Kier molecular flexibility index (Phi) is 25.6. The first-order valence-electron chi connectivity index (χ1n) is 12.0. The van der Waals surface area contributed by atoms with Crippen molar-refractivity contribution < 1.29 is 69.5 Å². The minimum absolute atomic E-state index is 0. The van der Waals surface area contributed by atoms with Gasteiger partial charge in [0.25, 0.3) is 0 Å². The molecule has 170 valence electrons. The van der Waals surface area contributed by atoms with Gasteiger partial charge < -0.3 is 9.66 Å². The standard InChI is InChI=1S/C23H48O4S.K/c1-3-4-16-20-23(28(25,26)27)21-18-15-13-11-9-7-5-6-8-10-12-14-17-19-22(2)24;/h22-24H,3-21H2,1-2H3,(H,25,26,27);/q;+1/p-1. The first kappa shape index (κ1) is 32.7. The fourth-order valence-electron chi connectivity index (χ4n) is 3.81. The average molecular weight is 459 g/mol. The van der Waals surface area contributed by atoms with Gasteiger partial charge in [0.15, 0.2) is 0 Å². The van der Waals surface area contributed by atoms with Crippen LogP contribution in [-0.4, -0.2) is 29.4 Å². The van der Waals surface area contributed by atoms with E-state index >= 15 is 0 Å². The molecule has 2 atom stereocenters. The zero-order valence-electron chi connectivity index (χ0n) is 19.7. The van der Waals surface area contributed by atoms with Crippen LogP contribution in [0, 0.1) is 0 Å². The SMILES string of the molecule is CCCCCC(CCCCCCCCCCCCCCCC(C)O)S(=O)(=O)[O-].[K+]. The predicted octanol–water partition coefficient (Wildman–Crippen LogP) is 3.72. The molecule has 2 unspecified atom stereocenters. The first-order chi connectivity index (χ1) is 13.4. The van der Waals surface area contributed by atoms with Crippen LogP contribution in [0.25, 0.3) is 0 Å². The van der Waals surface area contributed by atoms with Crippen LogP contribution in [-0.2, 0) is 10.1 Å². The molecule has 0 saturated heterocycles. The van der Waals surface area contributed by atoms with Crippen molar-refractivity contribution in [2.45, 2.75) is 147 Å². The summed E-state index contributed by atoms with van der Waals surface area (Å²) in [5, 5.41) is 8.54. The summed E-state index contributed by atoms with van der Waals surface area (Å²) in [4.78, 5) is 0. The molecule has 0 aromatic carbocycles. The summed E-state index contributed by atoms with van der Waals surface area (Å²) in [6, 6.07) is 0. The maximum absolute atomic E-state index is 11.4. The van der Waals surface area contributed by atoms with E-state index in [1.165, 1.54) is 57.8 Å². The molecular weight excluding hydrogens is 411 g/mol. The summed E-state index contributed by atoms with van der Waals surface area (Å²) in [7, 11) is -4.13. The molecule has 4 nitrogen and oxygen atoms in total. The summed E-state index contributed by atoms with van der Waals surface area (Å²) in [5.74, 6) is 0. The number of aliphatic hydroxyl groups excluding tert-OH is 1. The Morgan fingerprint density at radius 3 is 1.28 bits per heavy atom. The summed E-state index contributed by atoms with van der Waals surface area (Å²) >= 11 is 0. The molecule has 0 aromatic rings. The Morgan fingerprint density at radius 1 is 0.655 bits per heavy atom. The Hall–Kier alpha value is 1.51. The normalized spacial score (nSPS) is 13.8. The Labute approximate surface area is 224 Å². The number of aliphatic hydroxyl groups is 1. The fraction of sp³-hybridized carbons (Fsp3) is 1.00. The van der Waals surface area contributed by atoms with E-state index in [0.717, 1.165) is 51.4 Å². The van der Waals surface area contributed by atoms with Crippen molar-refractivity contribution >= 4 is 10.1 Å². The van der Waals surface area contributed by atoms with Gasteiger partial charge >= 0.3 is 51.4 Å². The van der Waals surface area contributed by atoms with E-state index in [2.05, 4.69) is 6.92 Å². The average Bonchev–Trinajstić information content (AvgIpc) is 2.62. The maximum Gasteiger partial charge on any atom is 1.00 e. The third kappa shape index (κ3) is 24.0. The molecule has 0 aromatic heterocycles. The monoisotopic (exact) mass is 458 g/mol. The molecule has 0 rings (SSSR count). The summed E-state index contributed by atoms with van der Waals surface area (Å²) in [6.45, 7) is 3.95. The van der Waals surface area contributed by atoms with E-state index in [1.807, 2.05) is 6.92 Å². The van der Waals surface area contributed by atoms with Crippen LogP contribution in [0.15, 0.2) is 0 Å². The topological polar surface area (TPSA) is 77.4 Å². The van der Waals surface area contributed by atoms with Crippen LogP contribution in [0.5, 0.6) is 0 Å². The molecule has 0 aliphatic carbocycles. The van der Waals surface area contributed by atoms with Crippen LogP contribution >= 0.6 is 0 Å². The van der Waals surface area contributed by atoms with Crippen LogP contribution in [0.3, 0.4) is 0 Å². The molecule has 0 radical (unpaired) electrons. The molecular formula is C23H47KO4S. The third-order valence-electron chi connectivity index (χ3n) is 5.69. The van der Waals surface area contributed by atoms with Crippen molar-refractivity contribution in [2.24, 2.45) is 0 Å². The van der Waals surface area contributed by atoms with E-state index in [-0.39, 0.29) is 57.5 Å². The molecule has 0 heterocycles. The summed E-state index contributed by atoms with van der Waals surface area (Å²) in [6.07, 6.45) is 20.7. The molecule has 0 aliphatic rings. The molecule has 0 bridgehead atoms. The van der Waals surface area contributed by atoms with Gasteiger partial charge in [0.1, 0.15) is 0 Å². The first-order valence-corrected chi connectivity index (χ1v) is 13.5. The molecule has 0 fully saturated rings. The van der Waals surface area contributed by atoms with Crippen LogP contribution < -0.4 is 51.4 Å². The Bertz CT molecular complexity index is 427. The third-order valence-corrected chi connectivity index (χ3v) is 6.97. The van der Waals surface area contributed by atoms with Gasteiger partial charge in [-0.2, -0.15) is 0 Å². The fourth-order valence-corrected chi connectivity index (χ4v) is 4.72. The zero-order chi connectivity index (χ0) is 21.1. The summed E-state index contributed by atoms with van der Waals surface area (Å²) in [5.41, 5.74) is 0. The van der Waals surface area contributed by atoms with Gasteiger partial charge in [-0.15, -0.1) is 0 Å². The largest absolute Gasteiger partial charge is 1.00 e. The second-order valence-electron chi connectivity index (χ2n) is 8.63. The van der Waals surface area contributed by atoms with Crippen molar-refractivity contribution in [3.8, 4) is 0 Å². The number of hydrogen-bond acceptors (Lipinski definition) is 4. The quantitative estimate of drug-likeness (QED) is 0.162. The van der Waals surface area contributed by atoms with E-state index < -0.39 is 15.4 Å². The second-order valence-corrected chi connectivity index (χ2v) is 10.3. The van der Waals surface area contributed by atoms with Crippen LogP contribution in [0.2, 0.25) is 0 Å². The Morgan fingerprint density at radius 2 is 0.966 bits per heavy atom. The van der Waals surface area contributed by atoms with Crippen molar-refractivity contribution in [1.82, 2.24) is 0 Å². The van der Waals surface area contributed by atoms with Gasteiger partial charge in [-0.25, -0.2) is 8.42 Å². The predicted molar refractivity (Wildman–Crippen MR) is 119 cm³/mol. The van der Waals surface area contributed by atoms with Gasteiger partial charge in [0, 0.05) is 5.25 Å². The van der Waals surface area contributed by atoms with Crippen molar-refractivity contribution in [3.63, 3.8) is 0 Å². The van der Waals surface area contributed by atoms with Crippen LogP contribution in [0.4, 0.5) is 0 Å². The zero-order valence-corrected chi connectivity index (χ0v) is 23.6. The molecule has 6 heteroatoms. The van der Waals surface area contributed by atoms with E-state index in [4.69, 9.17) is 0 Å². The minimum Gasteiger partial charge on any atom is -0.748 e. The molecule has 0 aliphatic heterocycles. The van der Waals surface area contributed by atoms with Crippen molar-refractivity contribution in [1.29, 1.82) is 0 Å². The van der Waals surface area contributed by atoms with Gasteiger partial charge in [0.05, 0.1) is 16.2 Å². The van der Waals surface area contributed by atoms with Crippen molar-refractivity contribution in [3.05, 3.63) is 0 Å². The van der Waals surface area contributed by atoms with Gasteiger partial charge in [-0.1, -0.05) is 110 Å². The van der Waals surface area contributed by atoms with E-state index in [9.17, 15) is 18.1 Å². The second kappa shape index (κ2) is 22.7. The van der Waals surface area contributed by atoms with Gasteiger partial charge in [-0.3, -0.25) is 0 Å². The molecule has 0 spiro atoms.